The summed E-state index contributed by atoms with van der Waals surface area (Å²) in [7, 11) is 0. The number of aromatic nitrogens is 3. The quantitative estimate of drug-likeness (QED) is 0.623. The Kier molecular flexibility index (Phi) is 6.18. The summed E-state index contributed by atoms with van der Waals surface area (Å²) in [5.74, 6) is 0.975. The first-order valence-electron chi connectivity index (χ1n) is 7.43. The number of nitrogens with one attached hydrogen (secondary N) is 1. The van der Waals surface area contributed by atoms with Crippen molar-refractivity contribution < 1.29 is 4.79 Å². The minimum absolute atomic E-state index is 0.103. The van der Waals surface area contributed by atoms with Crippen LogP contribution in [0.2, 0.25) is 0 Å². The maximum Gasteiger partial charge on any atom is 0.230 e. The molecule has 0 fully saturated rings. The van der Waals surface area contributed by atoms with E-state index in [9.17, 15) is 4.79 Å². The van der Waals surface area contributed by atoms with Gasteiger partial charge in [0.25, 0.3) is 0 Å². The minimum Gasteiger partial charge on any atom is -0.354 e. The van der Waals surface area contributed by atoms with Crippen molar-refractivity contribution in [2.24, 2.45) is 0 Å². The van der Waals surface area contributed by atoms with Crippen LogP contribution in [-0.2, 0) is 11.3 Å². The number of thioether (sulfide) groups is 1. The third-order valence-corrected chi connectivity index (χ3v) is 4.28. The molecule has 120 valence electrons. The Hall–Kier alpha value is -2.33. The lowest BCUT2D eigenvalue weighted by atomic mass is 10.1. The van der Waals surface area contributed by atoms with Crippen LogP contribution in [0, 0.1) is 18.3 Å². The molecule has 1 aromatic heterocycles. The van der Waals surface area contributed by atoms with Gasteiger partial charge in [-0.1, -0.05) is 36.0 Å². The number of rotatable bonds is 7. The first-order chi connectivity index (χ1) is 11.2. The zero-order valence-electron chi connectivity index (χ0n) is 13.2. The average molecular weight is 329 g/mol. The lowest BCUT2D eigenvalue weighted by Gasteiger charge is -2.09. The van der Waals surface area contributed by atoms with E-state index in [0.717, 1.165) is 28.7 Å². The third-order valence-electron chi connectivity index (χ3n) is 3.31. The van der Waals surface area contributed by atoms with E-state index in [4.69, 9.17) is 5.26 Å². The van der Waals surface area contributed by atoms with Gasteiger partial charge in [-0.2, -0.15) is 5.26 Å². The van der Waals surface area contributed by atoms with Crippen molar-refractivity contribution >= 4 is 17.7 Å². The molecule has 1 aromatic carbocycles. The Morgan fingerprint density at radius 1 is 1.39 bits per heavy atom. The van der Waals surface area contributed by atoms with Gasteiger partial charge in [-0.05, 0) is 19.4 Å². The molecule has 1 N–H and O–H groups in total. The van der Waals surface area contributed by atoms with Gasteiger partial charge in [-0.3, -0.25) is 4.79 Å². The number of hydrogen-bond donors (Lipinski definition) is 1. The highest BCUT2D eigenvalue weighted by Gasteiger charge is 2.15. The van der Waals surface area contributed by atoms with Crippen molar-refractivity contribution in [3.63, 3.8) is 0 Å². The first-order valence-corrected chi connectivity index (χ1v) is 8.41. The molecule has 0 aliphatic carbocycles. The van der Waals surface area contributed by atoms with E-state index < -0.39 is 0 Å². The molecule has 0 atom stereocenters. The lowest BCUT2D eigenvalue weighted by Crippen LogP contribution is -2.26. The summed E-state index contributed by atoms with van der Waals surface area (Å²) in [6, 6.07) is 10.0. The van der Waals surface area contributed by atoms with Crippen molar-refractivity contribution in [3.05, 3.63) is 29.8 Å². The third kappa shape index (κ3) is 4.33. The molecular weight excluding hydrogens is 310 g/mol. The maximum absolute atomic E-state index is 11.7. The van der Waals surface area contributed by atoms with E-state index >= 15 is 0 Å². The number of carbonyl (C=O) groups excluding carboxylic acids is 1. The molecule has 2 rings (SSSR count). The monoisotopic (exact) mass is 329 g/mol. The molecule has 1 heterocycles. The van der Waals surface area contributed by atoms with Crippen molar-refractivity contribution in [1.29, 1.82) is 5.26 Å². The number of aryl methyl sites for hydroxylation is 1. The van der Waals surface area contributed by atoms with Gasteiger partial charge >= 0.3 is 0 Å². The highest BCUT2D eigenvalue weighted by Crippen LogP contribution is 2.25. The van der Waals surface area contributed by atoms with Crippen LogP contribution in [0.25, 0.3) is 11.4 Å². The normalized spacial score (nSPS) is 10.3. The molecule has 0 spiro atoms. The summed E-state index contributed by atoms with van der Waals surface area (Å²) in [6.45, 7) is 5.18. The van der Waals surface area contributed by atoms with Gasteiger partial charge in [0.05, 0.1) is 18.2 Å². The molecule has 0 saturated carbocycles. The molecule has 0 aliphatic heterocycles. The number of nitriles is 1. The number of amides is 1. The molecular formula is C16H19N5OS. The van der Waals surface area contributed by atoms with E-state index in [-0.39, 0.29) is 11.7 Å². The van der Waals surface area contributed by atoms with Crippen molar-refractivity contribution in [3.8, 4) is 17.5 Å². The first kappa shape index (κ1) is 17.0. The molecule has 23 heavy (non-hydrogen) atoms. The summed E-state index contributed by atoms with van der Waals surface area (Å²) in [5.41, 5.74) is 2.19. The number of carbonyl (C=O) groups is 1. The second-order valence-electron chi connectivity index (χ2n) is 4.91. The molecule has 0 radical (unpaired) electrons. The van der Waals surface area contributed by atoms with Crippen LogP contribution in [-0.4, -0.2) is 33.0 Å². The van der Waals surface area contributed by atoms with Crippen LogP contribution in [0.15, 0.2) is 29.4 Å². The van der Waals surface area contributed by atoms with Gasteiger partial charge < -0.3 is 9.88 Å². The topological polar surface area (TPSA) is 83.6 Å². The Bertz CT molecular complexity index is 720. The zero-order valence-corrected chi connectivity index (χ0v) is 14.1. The predicted molar refractivity (Wildman–Crippen MR) is 89.8 cm³/mol. The van der Waals surface area contributed by atoms with Crippen LogP contribution < -0.4 is 5.32 Å². The van der Waals surface area contributed by atoms with Crippen molar-refractivity contribution in [2.45, 2.75) is 32.0 Å². The Balaban J connectivity index is 2.09. The van der Waals surface area contributed by atoms with Crippen molar-refractivity contribution in [1.82, 2.24) is 20.1 Å². The van der Waals surface area contributed by atoms with Gasteiger partial charge in [-0.15, -0.1) is 10.2 Å². The van der Waals surface area contributed by atoms with E-state index in [0.29, 0.717) is 13.0 Å². The van der Waals surface area contributed by atoms with Gasteiger partial charge in [0.1, 0.15) is 0 Å². The van der Waals surface area contributed by atoms with Crippen LogP contribution in [0.4, 0.5) is 0 Å². The summed E-state index contributed by atoms with van der Waals surface area (Å²) < 4.78 is 2.01. The van der Waals surface area contributed by atoms with E-state index in [1.165, 1.54) is 11.8 Å². The lowest BCUT2D eigenvalue weighted by molar-refractivity contribution is -0.118. The van der Waals surface area contributed by atoms with Crippen molar-refractivity contribution in [2.75, 3.05) is 12.3 Å². The van der Waals surface area contributed by atoms with E-state index in [1.807, 2.05) is 48.7 Å². The maximum atomic E-state index is 11.7. The summed E-state index contributed by atoms with van der Waals surface area (Å²) in [5, 5.41) is 20.4. The molecule has 6 nitrogen and oxygen atoms in total. The average Bonchev–Trinajstić information content (AvgIpc) is 2.96. The van der Waals surface area contributed by atoms with Crippen LogP contribution in [0.3, 0.4) is 0 Å². The van der Waals surface area contributed by atoms with Crippen LogP contribution in [0.5, 0.6) is 0 Å². The summed E-state index contributed by atoms with van der Waals surface area (Å²) in [4.78, 5) is 11.7. The molecule has 0 bridgehead atoms. The molecule has 1 amide bonds. The number of hydrogen-bond acceptors (Lipinski definition) is 5. The highest BCUT2D eigenvalue weighted by atomic mass is 32.2. The second kappa shape index (κ2) is 8.34. The smallest absolute Gasteiger partial charge is 0.230 e. The summed E-state index contributed by atoms with van der Waals surface area (Å²) >= 11 is 1.35. The second-order valence-corrected chi connectivity index (χ2v) is 5.85. The Morgan fingerprint density at radius 2 is 2.17 bits per heavy atom. The van der Waals surface area contributed by atoms with Gasteiger partial charge in [-0.25, -0.2) is 0 Å². The zero-order chi connectivity index (χ0) is 16.7. The summed E-state index contributed by atoms with van der Waals surface area (Å²) in [6.07, 6.45) is 0.318. The number of benzene rings is 1. The SMILES string of the molecule is CCn1c(SCC(=O)NCCC#N)nnc1-c1ccccc1C. The van der Waals surface area contributed by atoms with Gasteiger partial charge in [0.15, 0.2) is 11.0 Å². The predicted octanol–water partition coefficient (Wildman–Crippen LogP) is 2.40. The van der Waals surface area contributed by atoms with Gasteiger partial charge in [0.2, 0.25) is 5.91 Å². The van der Waals surface area contributed by atoms with E-state index in [2.05, 4.69) is 15.5 Å². The molecule has 0 saturated heterocycles. The van der Waals surface area contributed by atoms with E-state index in [1.54, 1.807) is 0 Å². The molecule has 2 aromatic rings. The fourth-order valence-electron chi connectivity index (χ4n) is 2.14. The molecule has 0 unspecified atom stereocenters. The molecule has 7 heteroatoms. The minimum atomic E-state index is -0.103. The molecule has 0 aliphatic rings. The standard InChI is InChI=1S/C16H19N5OS/c1-3-21-15(13-8-5-4-7-12(13)2)19-20-16(21)23-11-14(22)18-10-6-9-17/h4-5,7-8H,3,6,10-11H2,1-2H3,(H,18,22). The largest absolute Gasteiger partial charge is 0.354 e. The van der Waals surface area contributed by atoms with Gasteiger partial charge in [0, 0.05) is 18.7 Å². The van der Waals surface area contributed by atoms with Crippen LogP contribution >= 0.6 is 11.8 Å². The highest BCUT2D eigenvalue weighted by molar-refractivity contribution is 7.99. The van der Waals surface area contributed by atoms with Crippen LogP contribution in [0.1, 0.15) is 18.9 Å². The fourth-order valence-corrected chi connectivity index (χ4v) is 2.97. The Morgan fingerprint density at radius 3 is 2.87 bits per heavy atom. The fraction of sp³-hybridized carbons (Fsp3) is 0.375. The number of nitrogens with zero attached hydrogens (tertiary/aromatic N) is 4. The Labute approximate surface area is 139 Å².